The van der Waals surface area contributed by atoms with E-state index in [1.165, 1.54) is 12.3 Å². The molecule has 110 valence electrons. The van der Waals surface area contributed by atoms with Gasteiger partial charge in [-0.2, -0.15) is 0 Å². The summed E-state index contributed by atoms with van der Waals surface area (Å²) in [4.78, 5) is 12.5. The van der Waals surface area contributed by atoms with E-state index in [1.54, 1.807) is 32.0 Å². The molecule has 5 heteroatoms. The fraction of sp³-hybridized carbons (Fsp3) is 0.188. The third-order valence-corrected chi connectivity index (χ3v) is 4.65. The Kier molecular flexibility index (Phi) is 4.14. The maximum Gasteiger partial charge on any atom is 0.255 e. The van der Waals surface area contributed by atoms with Crippen molar-refractivity contribution in [2.24, 2.45) is 0 Å². The highest BCUT2D eigenvalue weighted by atomic mass is 32.2. The number of anilines is 1. The van der Waals surface area contributed by atoms with Gasteiger partial charge in [0.25, 0.3) is 5.91 Å². The number of para-hydroxylation sites is 1. The Balaban J connectivity index is 2.38. The lowest BCUT2D eigenvalue weighted by atomic mass is 10.0. The number of hydrogen-bond acceptors (Lipinski definition) is 3. The zero-order chi connectivity index (χ0) is 15.6. The molecule has 0 aliphatic carbocycles. The third kappa shape index (κ3) is 3.31. The van der Waals surface area contributed by atoms with Crippen molar-refractivity contribution in [2.75, 3.05) is 11.6 Å². The average molecular weight is 303 g/mol. The molecule has 2 aromatic carbocycles. The minimum atomic E-state index is -3.29. The second-order valence-corrected chi connectivity index (χ2v) is 6.94. The summed E-state index contributed by atoms with van der Waals surface area (Å²) in [5.41, 5.74) is 2.46. The Labute approximate surface area is 124 Å². The summed E-state index contributed by atoms with van der Waals surface area (Å²) in [5, 5.41) is 2.80. The SMILES string of the molecule is Cc1c(C(=O)Nc2ccccc2)ccc(S(C)(=O)=O)c1C. The Morgan fingerprint density at radius 3 is 2.14 bits per heavy atom. The minimum Gasteiger partial charge on any atom is -0.322 e. The van der Waals surface area contributed by atoms with Crippen molar-refractivity contribution in [3.63, 3.8) is 0 Å². The molecule has 0 aliphatic rings. The summed E-state index contributed by atoms with van der Waals surface area (Å²) in [6.07, 6.45) is 1.17. The van der Waals surface area contributed by atoms with E-state index >= 15 is 0 Å². The second kappa shape index (κ2) is 5.69. The molecule has 0 atom stereocenters. The Morgan fingerprint density at radius 2 is 1.57 bits per heavy atom. The molecule has 0 spiro atoms. The van der Waals surface area contributed by atoms with Crippen LogP contribution >= 0.6 is 0 Å². The van der Waals surface area contributed by atoms with Gasteiger partial charge in [0, 0.05) is 17.5 Å². The molecule has 0 aromatic heterocycles. The van der Waals surface area contributed by atoms with Gasteiger partial charge in [0.1, 0.15) is 0 Å². The first-order chi connectivity index (χ1) is 9.80. The van der Waals surface area contributed by atoms with Gasteiger partial charge in [0.05, 0.1) is 4.90 Å². The van der Waals surface area contributed by atoms with Gasteiger partial charge in [-0.25, -0.2) is 8.42 Å². The Hall–Kier alpha value is -2.14. The molecule has 0 fully saturated rings. The smallest absolute Gasteiger partial charge is 0.255 e. The maximum absolute atomic E-state index is 12.3. The summed E-state index contributed by atoms with van der Waals surface area (Å²) in [6.45, 7) is 3.47. The second-order valence-electron chi connectivity index (χ2n) is 4.95. The van der Waals surface area contributed by atoms with Crippen LogP contribution in [0.5, 0.6) is 0 Å². The molecule has 0 bridgehead atoms. The van der Waals surface area contributed by atoms with E-state index in [-0.39, 0.29) is 10.8 Å². The predicted octanol–water partition coefficient (Wildman–Crippen LogP) is 2.96. The van der Waals surface area contributed by atoms with Crippen molar-refractivity contribution in [1.29, 1.82) is 0 Å². The first kappa shape index (κ1) is 15.3. The van der Waals surface area contributed by atoms with Gasteiger partial charge < -0.3 is 5.32 Å². The number of sulfone groups is 1. The highest BCUT2D eigenvalue weighted by molar-refractivity contribution is 7.90. The molecular weight excluding hydrogens is 286 g/mol. The van der Waals surface area contributed by atoms with Crippen LogP contribution in [-0.2, 0) is 9.84 Å². The monoisotopic (exact) mass is 303 g/mol. The summed E-state index contributed by atoms with van der Waals surface area (Å²) < 4.78 is 23.4. The first-order valence-corrected chi connectivity index (χ1v) is 8.36. The van der Waals surface area contributed by atoms with Crippen LogP contribution in [0, 0.1) is 13.8 Å². The van der Waals surface area contributed by atoms with Crippen molar-refractivity contribution >= 4 is 21.4 Å². The number of nitrogens with one attached hydrogen (secondary N) is 1. The van der Waals surface area contributed by atoms with E-state index in [1.807, 2.05) is 18.2 Å². The predicted molar refractivity (Wildman–Crippen MR) is 83.4 cm³/mol. The van der Waals surface area contributed by atoms with Crippen LogP contribution in [0.25, 0.3) is 0 Å². The number of rotatable bonds is 3. The summed E-state index contributed by atoms with van der Waals surface area (Å²) in [7, 11) is -3.29. The Morgan fingerprint density at radius 1 is 0.952 bits per heavy atom. The fourth-order valence-electron chi connectivity index (χ4n) is 2.16. The maximum atomic E-state index is 12.3. The molecule has 1 amide bonds. The quantitative estimate of drug-likeness (QED) is 0.948. The zero-order valence-electron chi connectivity index (χ0n) is 12.2. The van der Waals surface area contributed by atoms with Gasteiger partial charge in [-0.15, -0.1) is 0 Å². The van der Waals surface area contributed by atoms with Crippen molar-refractivity contribution in [3.05, 3.63) is 59.2 Å². The summed E-state index contributed by atoms with van der Waals surface area (Å²) in [5.74, 6) is -0.248. The van der Waals surface area contributed by atoms with E-state index in [0.29, 0.717) is 22.4 Å². The van der Waals surface area contributed by atoms with Gasteiger partial charge in [0.15, 0.2) is 9.84 Å². The molecule has 0 saturated carbocycles. The van der Waals surface area contributed by atoms with Crippen molar-refractivity contribution in [1.82, 2.24) is 0 Å². The van der Waals surface area contributed by atoms with Crippen LogP contribution in [0.1, 0.15) is 21.5 Å². The van der Waals surface area contributed by atoms with E-state index in [4.69, 9.17) is 0 Å². The number of hydrogen-bond donors (Lipinski definition) is 1. The zero-order valence-corrected chi connectivity index (χ0v) is 13.0. The lowest BCUT2D eigenvalue weighted by Gasteiger charge is -2.12. The molecule has 0 unspecified atom stereocenters. The van der Waals surface area contributed by atoms with Crippen LogP contribution < -0.4 is 5.32 Å². The van der Waals surface area contributed by atoms with Crippen LogP contribution in [0.15, 0.2) is 47.4 Å². The molecule has 2 rings (SSSR count). The van der Waals surface area contributed by atoms with Crippen LogP contribution in [0.2, 0.25) is 0 Å². The summed E-state index contributed by atoms with van der Waals surface area (Å²) in [6, 6.07) is 12.2. The van der Waals surface area contributed by atoms with E-state index in [9.17, 15) is 13.2 Å². The van der Waals surface area contributed by atoms with Gasteiger partial charge in [-0.1, -0.05) is 18.2 Å². The largest absolute Gasteiger partial charge is 0.322 e. The highest BCUT2D eigenvalue weighted by Crippen LogP contribution is 2.22. The van der Waals surface area contributed by atoms with E-state index in [2.05, 4.69) is 5.32 Å². The number of benzene rings is 2. The molecule has 21 heavy (non-hydrogen) atoms. The van der Waals surface area contributed by atoms with Gasteiger partial charge in [0.2, 0.25) is 0 Å². The van der Waals surface area contributed by atoms with E-state index in [0.717, 1.165) is 0 Å². The summed E-state index contributed by atoms with van der Waals surface area (Å²) >= 11 is 0. The molecule has 0 radical (unpaired) electrons. The molecule has 1 N–H and O–H groups in total. The van der Waals surface area contributed by atoms with Crippen molar-refractivity contribution < 1.29 is 13.2 Å². The third-order valence-electron chi connectivity index (χ3n) is 3.41. The standard InChI is InChI=1S/C16H17NO3S/c1-11-12(2)15(21(3,19)20)10-9-14(11)16(18)17-13-7-5-4-6-8-13/h4-10H,1-3H3,(H,17,18). The number of carbonyl (C=O) groups is 1. The molecule has 4 nitrogen and oxygen atoms in total. The van der Waals surface area contributed by atoms with Crippen LogP contribution in [0.4, 0.5) is 5.69 Å². The van der Waals surface area contributed by atoms with Crippen molar-refractivity contribution in [2.45, 2.75) is 18.7 Å². The minimum absolute atomic E-state index is 0.248. The van der Waals surface area contributed by atoms with Crippen LogP contribution in [0.3, 0.4) is 0 Å². The van der Waals surface area contributed by atoms with E-state index < -0.39 is 9.84 Å². The molecule has 0 saturated heterocycles. The van der Waals surface area contributed by atoms with Gasteiger partial charge >= 0.3 is 0 Å². The Bertz CT molecular complexity index is 781. The average Bonchev–Trinajstić information content (AvgIpc) is 2.41. The van der Waals surface area contributed by atoms with Gasteiger partial charge in [-0.05, 0) is 49.2 Å². The van der Waals surface area contributed by atoms with Gasteiger partial charge in [-0.3, -0.25) is 4.79 Å². The topological polar surface area (TPSA) is 63.2 Å². The highest BCUT2D eigenvalue weighted by Gasteiger charge is 2.17. The number of amides is 1. The lowest BCUT2D eigenvalue weighted by molar-refractivity contribution is 0.102. The molecule has 2 aromatic rings. The first-order valence-electron chi connectivity index (χ1n) is 6.47. The fourth-order valence-corrected chi connectivity index (χ4v) is 3.19. The normalized spacial score (nSPS) is 11.2. The van der Waals surface area contributed by atoms with Crippen LogP contribution in [-0.4, -0.2) is 20.6 Å². The molecule has 0 heterocycles. The lowest BCUT2D eigenvalue weighted by Crippen LogP contribution is -2.15. The molecule has 0 aliphatic heterocycles. The molecular formula is C16H17NO3S. The van der Waals surface area contributed by atoms with Crippen molar-refractivity contribution in [3.8, 4) is 0 Å². The number of carbonyl (C=O) groups excluding carboxylic acids is 1.